The summed E-state index contributed by atoms with van der Waals surface area (Å²) >= 11 is 7.79. The molecule has 1 aromatic carbocycles. The minimum absolute atomic E-state index is 0.506. The first-order chi connectivity index (χ1) is 9.28. The molecule has 0 saturated heterocycles. The maximum absolute atomic E-state index is 6.28. The fraction of sp³-hybridized carbons (Fsp3) is 0.214. The lowest BCUT2D eigenvalue weighted by molar-refractivity contribution is 0.923. The van der Waals surface area contributed by atoms with Crippen molar-refractivity contribution in [2.45, 2.75) is 19.8 Å². The van der Waals surface area contributed by atoms with Gasteiger partial charge < -0.3 is 0 Å². The number of aromatic nitrogens is 3. The Morgan fingerprint density at radius 1 is 1.26 bits per heavy atom. The molecule has 0 N–H and O–H groups in total. The van der Waals surface area contributed by atoms with Gasteiger partial charge in [0.2, 0.25) is 0 Å². The summed E-state index contributed by atoms with van der Waals surface area (Å²) in [6.45, 7) is 2.16. The normalized spacial score (nSPS) is 11.1. The number of benzene rings is 1. The van der Waals surface area contributed by atoms with Crippen LogP contribution < -0.4 is 0 Å². The molecule has 2 aromatic heterocycles. The highest BCUT2D eigenvalue weighted by atomic mass is 35.5. The van der Waals surface area contributed by atoms with E-state index in [1.54, 1.807) is 11.7 Å². The fourth-order valence-corrected chi connectivity index (χ4v) is 2.80. The van der Waals surface area contributed by atoms with Gasteiger partial charge in [-0.05, 0) is 24.1 Å². The fourth-order valence-electron chi connectivity index (χ4n) is 2.02. The number of aryl methyl sites for hydroxylation is 1. The average Bonchev–Trinajstić information content (AvgIpc) is 2.93. The molecular weight excluding hydrogens is 278 g/mol. The zero-order valence-corrected chi connectivity index (χ0v) is 12.0. The van der Waals surface area contributed by atoms with Gasteiger partial charge in [0.15, 0.2) is 5.82 Å². The van der Waals surface area contributed by atoms with Gasteiger partial charge >= 0.3 is 0 Å². The van der Waals surface area contributed by atoms with Gasteiger partial charge in [-0.2, -0.15) is 0 Å². The van der Waals surface area contributed by atoms with Crippen LogP contribution in [0.15, 0.2) is 29.9 Å². The summed E-state index contributed by atoms with van der Waals surface area (Å²) in [7, 11) is 0. The summed E-state index contributed by atoms with van der Waals surface area (Å²) in [5, 5.41) is 1.42. The van der Waals surface area contributed by atoms with Crippen molar-refractivity contribution in [3.63, 3.8) is 0 Å². The second-order valence-electron chi connectivity index (χ2n) is 4.31. The Labute approximate surface area is 120 Å². The second-order valence-corrected chi connectivity index (χ2v) is 5.55. The summed E-state index contributed by atoms with van der Waals surface area (Å²) in [5.74, 6) is 0.642. The van der Waals surface area contributed by atoms with E-state index in [-0.39, 0.29) is 0 Å². The Kier molecular flexibility index (Phi) is 3.44. The van der Waals surface area contributed by atoms with Crippen molar-refractivity contribution in [2.75, 3.05) is 0 Å². The predicted molar refractivity (Wildman–Crippen MR) is 79.7 cm³/mol. The zero-order chi connectivity index (χ0) is 13.2. The Balaban J connectivity index is 2.14. The lowest BCUT2D eigenvalue weighted by Crippen LogP contribution is -1.92. The van der Waals surface area contributed by atoms with Crippen molar-refractivity contribution < 1.29 is 0 Å². The first-order valence-corrected chi connectivity index (χ1v) is 7.38. The highest BCUT2D eigenvalue weighted by molar-refractivity contribution is 7.13. The van der Waals surface area contributed by atoms with Crippen LogP contribution in [0.2, 0.25) is 5.15 Å². The molecular formula is C14H12ClN3S. The Morgan fingerprint density at radius 2 is 2.16 bits per heavy atom. The van der Waals surface area contributed by atoms with Crippen molar-refractivity contribution in [2.24, 2.45) is 0 Å². The van der Waals surface area contributed by atoms with Crippen molar-refractivity contribution in [1.29, 1.82) is 0 Å². The van der Waals surface area contributed by atoms with Crippen molar-refractivity contribution in [3.05, 3.63) is 40.6 Å². The van der Waals surface area contributed by atoms with Crippen LogP contribution in [-0.2, 0) is 6.42 Å². The van der Waals surface area contributed by atoms with E-state index in [0.717, 1.165) is 28.6 Å². The molecule has 0 atom stereocenters. The van der Waals surface area contributed by atoms with Crippen LogP contribution >= 0.6 is 22.9 Å². The van der Waals surface area contributed by atoms with Gasteiger partial charge in [0.25, 0.3) is 0 Å². The van der Waals surface area contributed by atoms with Gasteiger partial charge in [0.1, 0.15) is 5.15 Å². The maximum atomic E-state index is 6.28. The molecule has 0 aliphatic rings. The minimum Gasteiger partial charge on any atom is -0.252 e. The minimum atomic E-state index is 0.506. The van der Waals surface area contributed by atoms with Crippen LogP contribution in [0.5, 0.6) is 0 Å². The van der Waals surface area contributed by atoms with Gasteiger partial charge in [-0.25, -0.2) is 9.97 Å². The molecule has 0 saturated carbocycles. The van der Waals surface area contributed by atoms with Crippen LogP contribution in [0.25, 0.3) is 21.6 Å². The summed E-state index contributed by atoms with van der Waals surface area (Å²) in [6, 6.07) is 6.20. The SMILES string of the molecule is CCCc1ccc2nc(-c3cncs3)nc(Cl)c2c1. The van der Waals surface area contributed by atoms with Crippen molar-refractivity contribution in [3.8, 4) is 10.7 Å². The summed E-state index contributed by atoms with van der Waals surface area (Å²) in [6.07, 6.45) is 3.92. The smallest absolute Gasteiger partial charge is 0.173 e. The molecule has 0 spiro atoms. The molecule has 0 amide bonds. The van der Waals surface area contributed by atoms with Crippen molar-refractivity contribution >= 4 is 33.8 Å². The van der Waals surface area contributed by atoms with E-state index in [4.69, 9.17) is 11.6 Å². The molecule has 96 valence electrons. The van der Waals surface area contributed by atoms with Crippen LogP contribution in [-0.4, -0.2) is 15.0 Å². The average molecular weight is 290 g/mol. The first-order valence-electron chi connectivity index (χ1n) is 6.13. The van der Waals surface area contributed by atoms with E-state index in [1.165, 1.54) is 16.9 Å². The predicted octanol–water partition coefficient (Wildman–Crippen LogP) is 4.36. The number of halogens is 1. The third-order valence-corrected chi connectivity index (χ3v) is 3.96. The maximum Gasteiger partial charge on any atom is 0.173 e. The zero-order valence-electron chi connectivity index (χ0n) is 10.4. The van der Waals surface area contributed by atoms with Gasteiger partial charge in [-0.1, -0.05) is 31.0 Å². The Morgan fingerprint density at radius 3 is 2.89 bits per heavy atom. The van der Waals surface area contributed by atoms with E-state index in [1.807, 2.05) is 6.07 Å². The molecule has 3 aromatic rings. The molecule has 0 unspecified atom stereocenters. The molecule has 2 heterocycles. The Bertz CT molecular complexity index is 710. The lowest BCUT2D eigenvalue weighted by Gasteiger charge is -2.05. The molecule has 0 radical (unpaired) electrons. The third kappa shape index (κ3) is 2.46. The van der Waals surface area contributed by atoms with E-state index in [0.29, 0.717) is 11.0 Å². The van der Waals surface area contributed by atoms with Gasteiger partial charge in [0.05, 0.1) is 15.9 Å². The highest BCUT2D eigenvalue weighted by Gasteiger charge is 2.09. The van der Waals surface area contributed by atoms with E-state index in [9.17, 15) is 0 Å². The standard InChI is InChI=1S/C14H12ClN3S/c1-2-3-9-4-5-11-10(6-9)13(15)18-14(17-11)12-7-16-8-19-12/h4-8H,2-3H2,1H3. The van der Waals surface area contributed by atoms with Crippen LogP contribution in [0.4, 0.5) is 0 Å². The molecule has 19 heavy (non-hydrogen) atoms. The highest BCUT2D eigenvalue weighted by Crippen LogP contribution is 2.27. The number of hydrogen-bond donors (Lipinski definition) is 0. The van der Waals surface area contributed by atoms with Crippen LogP contribution in [0.1, 0.15) is 18.9 Å². The van der Waals surface area contributed by atoms with E-state index >= 15 is 0 Å². The molecule has 3 rings (SSSR count). The quantitative estimate of drug-likeness (QED) is 0.673. The summed E-state index contributed by atoms with van der Waals surface area (Å²) in [4.78, 5) is 13.9. The number of hydrogen-bond acceptors (Lipinski definition) is 4. The topological polar surface area (TPSA) is 38.7 Å². The van der Waals surface area contributed by atoms with Gasteiger partial charge in [0, 0.05) is 11.6 Å². The lowest BCUT2D eigenvalue weighted by atomic mass is 10.1. The number of nitrogens with zero attached hydrogens (tertiary/aromatic N) is 3. The number of thiazole rings is 1. The van der Waals surface area contributed by atoms with Gasteiger partial charge in [-0.15, -0.1) is 11.3 Å². The van der Waals surface area contributed by atoms with E-state index < -0.39 is 0 Å². The molecule has 5 heteroatoms. The molecule has 0 aliphatic heterocycles. The first kappa shape index (κ1) is 12.5. The van der Waals surface area contributed by atoms with Crippen LogP contribution in [0.3, 0.4) is 0 Å². The van der Waals surface area contributed by atoms with Crippen LogP contribution in [0, 0.1) is 0 Å². The molecule has 0 fully saturated rings. The molecule has 3 nitrogen and oxygen atoms in total. The molecule has 0 aliphatic carbocycles. The number of fused-ring (bicyclic) bond motifs is 1. The summed E-state index contributed by atoms with van der Waals surface area (Å²) in [5.41, 5.74) is 3.91. The number of rotatable bonds is 3. The molecule has 0 bridgehead atoms. The monoisotopic (exact) mass is 289 g/mol. The van der Waals surface area contributed by atoms with Gasteiger partial charge in [-0.3, -0.25) is 4.98 Å². The largest absolute Gasteiger partial charge is 0.252 e. The Hall–Kier alpha value is -1.52. The second kappa shape index (κ2) is 5.23. The third-order valence-electron chi connectivity index (χ3n) is 2.91. The summed E-state index contributed by atoms with van der Waals surface area (Å²) < 4.78 is 0. The van der Waals surface area contributed by atoms with E-state index in [2.05, 4.69) is 34.0 Å². The van der Waals surface area contributed by atoms with Crippen molar-refractivity contribution in [1.82, 2.24) is 15.0 Å².